The first-order valence-corrected chi connectivity index (χ1v) is 9.72. The molecule has 2 aromatic heterocycles. The van der Waals surface area contributed by atoms with E-state index in [1.54, 1.807) is 12.4 Å². The number of nitrogens with one attached hydrogen (secondary N) is 2. The van der Waals surface area contributed by atoms with E-state index in [9.17, 15) is 4.79 Å². The number of aromatic nitrogens is 4. The maximum Gasteiger partial charge on any atom is 0.318 e. The zero-order valence-electron chi connectivity index (χ0n) is 15.7. The third-order valence-electron chi connectivity index (χ3n) is 5.05. The van der Waals surface area contributed by atoms with Crippen molar-refractivity contribution in [1.29, 1.82) is 0 Å². The first-order chi connectivity index (χ1) is 13.8. The van der Waals surface area contributed by atoms with Crippen LogP contribution in [0.25, 0.3) is 11.4 Å². The zero-order valence-corrected chi connectivity index (χ0v) is 15.7. The van der Waals surface area contributed by atoms with Gasteiger partial charge in [0.25, 0.3) is 0 Å². The van der Waals surface area contributed by atoms with Crippen LogP contribution in [0, 0.1) is 0 Å². The van der Waals surface area contributed by atoms with E-state index >= 15 is 0 Å². The van der Waals surface area contributed by atoms with E-state index in [1.165, 1.54) is 5.56 Å². The Bertz CT molecular complexity index is 896. The Morgan fingerprint density at radius 3 is 2.79 bits per heavy atom. The lowest BCUT2D eigenvalue weighted by atomic mass is 10.0. The van der Waals surface area contributed by atoms with Gasteiger partial charge in [-0.05, 0) is 43.4 Å². The standard InChI is InChI=1S/C21H24N6O/c28-21(23-14-9-16-6-2-1-3-7-16)27-15-5-4-8-18(27)20-24-19(25-26-20)17-10-12-22-13-11-17/h1-3,6-7,10-13,18H,4-5,8-9,14-15H2,(H,23,28)(H,24,25,26). The minimum absolute atomic E-state index is 0.0394. The number of nitrogens with zero attached hydrogens (tertiary/aromatic N) is 4. The summed E-state index contributed by atoms with van der Waals surface area (Å²) >= 11 is 0. The van der Waals surface area contributed by atoms with E-state index in [1.807, 2.05) is 35.2 Å². The SMILES string of the molecule is O=C(NCCc1ccccc1)N1CCCCC1c1nc(-c2ccncc2)n[nH]1. The molecule has 7 nitrogen and oxygen atoms in total. The molecule has 2 amide bonds. The number of hydrogen-bond acceptors (Lipinski definition) is 4. The van der Waals surface area contributed by atoms with Gasteiger partial charge in [0.15, 0.2) is 5.82 Å². The highest BCUT2D eigenvalue weighted by atomic mass is 16.2. The number of aromatic amines is 1. The second kappa shape index (κ2) is 8.65. The summed E-state index contributed by atoms with van der Waals surface area (Å²) in [6.07, 6.45) is 7.23. The molecule has 1 aromatic carbocycles. The molecule has 28 heavy (non-hydrogen) atoms. The van der Waals surface area contributed by atoms with Gasteiger partial charge < -0.3 is 10.2 Å². The van der Waals surface area contributed by atoms with Gasteiger partial charge >= 0.3 is 6.03 Å². The maximum absolute atomic E-state index is 12.8. The minimum atomic E-state index is -0.0754. The fourth-order valence-electron chi connectivity index (χ4n) is 3.57. The topological polar surface area (TPSA) is 86.8 Å². The number of pyridine rings is 1. The van der Waals surface area contributed by atoms with Gasteiger partial charge in [-0.25, -0.2) is 9.78 Å². The Morgan fingerprint density at radius 2 is 1.96 bits per heavy atom. The second-order valence-corrected chi connectivity index (χ2v) is 6.95. The molecule has 3 aromatic rings. The molecule has 1 fully saturated rings. The third kappa shape index (κ3) is 4.19. The van der Waals surface area contributed by atoms with Gasteiger partial charge in [0, 0.05) is 31.0 Å². The number of rotatable bonds is 5. The largest absolute Gasteiger partial charge is 0.338 e. The molecular weight excluding hydrogens is 352 g/mol. The summed E-state index contributed by atoms with van der Waals surface area (Å²) in [6, 6.07) is 13.8. The number of amides is 2. The molecule has 0 bridgehead atoms. The van der Waals surface area contributed by atoms with Gasteiger partial charge in [-0.1, -0.05) is 30.3 Å². The average molecular weight is 376 g/mol. The van der Waals surface area contributed by atoms with Crippen molar-refractivity contribution in [2.24, 2.45) is 0 Å². The van der Waals surface area contributed by atoms with Crippen LogP contribution in [0.1, 0.15) is 36.7 Å². The second-order valence-electron chi connectivity index (χ2n) is 6.95. The predicted octanol–water partition coefficient (Wildman–Crippen LogP) is 3.35. The van der Waals surface area contributed by atoms with Gasteiger partial charge in [0.2, 0.25) is 0 Å². The van der Waals surface area contributed by atoms with Crippen molar-refractivity contribution < 1.29 is 4.79 Å². The highest BCUT2D eigenvalue weighted by Crippen LogP contribution is 2.29. The lowest BCUT2D eigenvalue weighted by molar-refractivity contribution is 0.148. The lowest BCUT2D eigenvalue weighted by Gasteiger charge is -2.34. The van der Waals surface area contributed by atoms with Crippen LogP contribution >= 0.6 is 0 Å². The number of carbonyl (C=O) groups is 1. The van der Waals surface area contributed by atoms with E-state index in [2.05, 4.69) is 37.6 Å². The minimum Gasteiger partial charge on any atom is -0.338 e. The van der Waals surface area contributed by atoms with Crippen molar-refractivity contribution >= 4 is 6.03 Å². The Balaban J connectivity index is 1.41. The highest BCUT2D eigenvalue weighted by Gasteiger charge is 2.30. The summed E-state index contributed by atoms with van der Waals surface area (Å²) < 4.78 is 0. The van der Waals surface area contributed by atoms with Gasteiger partial charge in [-0.2, -0.15) is 5.10 Å². The van der Waals surface area contributed by atoms with Gasteiger partial charge in [0.1, 0.15) is 5.82 Å². The predicted molar refractivity (Wildman–Crippen MR) is 106 cm³/mol. The Morgan fingerprint density at radius 1 is 1.14 bits per heavy atom. The van der Waals surface area contributed by atoms with Crippen molar-refractivity contribution in [1.82, 2.24) is 30.4 Å². The van der Waals surface area contributed by atoms with Crippen LogP contribution in [-0.2, 0) is 6.42 Å². The van der Waals surface area contributed by atoms with Gasteiger partial charge in [-0.15, -0.1) is 0 Å². The summed E-state index contributed by atoms with van der Waals surface area (Å²) in [5.41, 5.74) is 2.13. The number of carbonyl (C=O) groups excluding carboxylic acids is 1. The van der Waals surface area contributed by atoms with Gasteiger partial charge in [0.05, 0.1) is 6.04 Å². The highest BCUT2D eigenvalue weighted by molar-refractivity contribution is 5.74. The van der Waals surface area contributed by atoms with Crippen molar-refractivity contribution in [3.8, 4) is 11.4 Å². The first kappa shape index (κ1) is 18.2. The average Bonchev–Trinajstić information content (AvgIpc) is 3.25. The zero-order chi connectivity index (χ0) is 19.2. The quantitative estimate of drug-likeness (QED) is 0.715. The molecule has 1 aliphatic heterocycles. The van der Waals surface area contributed by atoms with Crippen LogP contribution in [0.15, 0.2) is 54.9 Å². The van der Waals surface area contributed by atoms with Crippen LogP contribution in [0.2, 0.25) is 0 Å². The molecule has 144 valence electrons. The number of benzene rings is 1. The lowest BCUT2D eigenvalue weighted by Crippen LogP contribution is -2.45. The van der Waals surface area contributed by atoms with E-state index in [0.717, 1.165) is 43.6 Å². The number of urea groups is 1. The molecule has 4 rings (SSSR count). The Kier molecular flexibility index (Phi) is 5.61. The molecule has 1 unspecified atom stereocenters. The van der Waals surface area contributed by atoms with E-state index in [4.69, 9.17) is 0 Å². The summed E-state index contributed by atoms with van der Waals surface area (Å²) in [6.45, 7) is 1.35. The van der Waals surface area contributed by atoms with Crippen molar-refractivity contribution in [2.45, 2.75) is 31.7 Å². The van der Waals surface area contributed by atoms with Gasteiger partial charge in [-0.3, -0.25) is 10.1 Å². The summed E-state index contributed by atoms with van der Waals surface area (Å²) in [5, 5.41) is 10.4. The normalized spacial score (nSPS) is 16.7. The molecule has 3 heterocycles. The third-order valence-corrected chi connectivity index (χ3v) is 5.05. The number of likely N-dealkylation sites (tertiary alicyclic amines) is 1. The number of H-pyrrole nitrogens is 1. The van der Waals surface area contributed by atoms with E-state index < -0.39 is 0 Å². The first-order valence-electron chi connectivity index (χ1n) is 9.72. The van der Waals surface area contributed by atoms with Crippen molar-refractivity contribution in [2.75, 3.05) is 13.1 Å². The van der Waals surface area contributed by atoms with Crippen LogP contribution in [0.4, 0.5) is 4.79 Å². The molecule has 0 spiro atoms. The van der Waals surface area contributed by atoms with Crippen molar-refractivity contribution in [3.05, 3.63) is 66.2 Å². The molecule has 1 aliphatic rings. The van der Waals surface area contributed by atoms with Crippen LogP contribution < -0.4 is 5.32 Å². The Hall–Kier alpha value is -3.22. The molecule has 2 N–H and O–H groups in total. The Labute approximate surface area is 164 Å². The maximum atomic E-state index is 12.8. The van der Waals surface area contributed by atoms with E-state index in [-0.39, 0.29) is 12.1 Å². The van der Waals surface area contributed by atoms with Crippen LogP contribution in [0.5, 0.6) is 0 Å². The summed E-state index contributed by atoms with van der Waals surface area (Å²) in [7, 11) is 0. The smallest absolute Gasteiger partial charge is 0.318 e. The molecule has 1 atom stereocenters. The van der Waals surface area contributed by atoms with E-state index in [0.29, 0.717) is 12.4 Å². The number of hydrogen-bond donors (Lipinski definition) is 2. The molecule has 0 aliphatic carbocycles. The van der Waals surface area contributed by atoms with Crippen LogP contribution in [0.3, 0.4) is 0 Å². The van der Waals surface area contributed by atoms with Crippen LogP contribution in [-0.4, -0.2) is 44.2 Å². The van der Waals surface area contributed by atoms with Crippen molar-refractivity contribution in [3.63, 3.8) is 0 Å². The molecule has 0 saturated carbocycles. The monoisotopic (exact) mass is 376 g/mol. The fraction of sp³-hybridized carbons (Fsp3) is 0.333. The summed E-state index contributed by atoms with van der Waals surface area (Å²) in [4.78, 5) is 23.3. The molecule has 7 heteroatoms. The number of piperidine rings is 1. The molecule has 0 radical (unpaired) electrons. The molecule has 1 saturated heterocycles. The summed E-state index contributed by atoms with van der Waals surface area (Å²) in [5.74, 6) is 1.37. The molecular formula is C21H24N6O. The fourth-order valence-corrected chi connectivity index (χ4v) is 3.57.